The number of hydrogen-bond acceptors (Lipinski definition) is 7. The number of carbonyl (C=O) groups excluding carboxylic acids is 1. The first kappa shape index (κ1) is 19.2. The Morgan fingerprint density at radius 2 is 1.93 bits per heavy atom. The van der Waals surface area contributed by atoms with Crippen LogP contribution in [0.5, 0.6) is 0 Å². The van der Waals surface area contributed by atoms with Crippen LogP contribution in [0.1, 0.15) is 22.3 Å². The fraction of sp³-hybridized carbons (Fsp3) is 0.111. The number of pyridine rings is 1. The van der Waals surface area contributed by atoms with Crippen molar-refractivity contribution in [1.82, 2.24) is 10.3 Å². The van der Waals surface area contributed by atoms with Crippen LogP contribution >= 0.6 is 11.8 Å². The normalized spacial score (nSPS) is 17.8. The molecule has 1 atom stereocenters. The van der Waals surface area contributed by atoms with Gasteiger partial charge in [-0.05, 0) is 17.2 Å². The quantitative estimate of drug-likeness (QED) is 0.498. The molecule has 1 aliphatic heterocycles. The molecule has 2 aromatic rings. The van der Waals surface area contributed by atoms with E-state index in [-0.39, 0.29) is 17.2 Å². The summed E-state index contributed by atoms with van der Waals surface area (Å²) in [6, 6.07) is 8.69. The van der Waals surface area contributed by atoms with E-state index in [1.807, 2.05) is 0 Å². The minimum atomic E-state index is -1.05. The van der Waals surface area contributed by atoms with Crippen LogP contribution in [-0.2, 0) is 9.59 Å². The molecule has 142 valence electrons. The lowest BCUT2D eigenvalue weighted by Gasteiger charge is -2.03. The predicted octanol–water partition coefficient (Wildman–Crippen LogP) is 1.84. The first-order valence-electron chi connectivity index (χ1n) is 8.01. The number of hydrogen-bond donors (Lipinski definition) is 3. The van der Waals surface area contributed by atoms with E-state index >= 15 is 0 Å². The standard InChI is InChI=1S/C18H14N4O5S/c23-15(24)6-14-16(25)21-18(28-14)22-20-7-10-1-3-11(4-2-10)12-5-13(17(26)27)9-19-8-12/h1-5,7-9,14H,6H2,(H,23,24)(H,26,27)(H,21,22,25). The average molecular weight is 398 g/mol. The Hall–Kier alpha value is -3.53. The number of amides is 1. The van der Waals surface area contributed by atoms with Crippen LogP contribution in [0.4, 0.5) is 0 Å². The molecular formula is C18H14N4O5S. The Kier molecular flexibility index (Phi) is 5.80. The first-order chi connectivity index (χ1) is 13.4. The number of rotatable bonds is 6. The smallest absolute Gasteiger partial charge is 0.337 e. The van der Waals surface area contributed by atoms with Gasteiger partial charge in [0, 0.05) is 18.0 Å². The Labute approximate surface area is 163 Å². The van der Waals surface area contributed by atoms with Crippen LogP contribution < -0.4 is 5.32 Å². The van der Waals surface area contributed by atoms with Gasteiger partial charge in [0.05, 0.1) is 18.2 Å². The third-order valence-electron chi connectivity index (χ3n) is 3.72. The lowest BCUT2D eigenvalue weighted by Crippen LogP contribution is -2.26. The van der Waals surface area contributed by atoms with E-state index in [0.717, 1.165) is 22.9 Å². The molecule has 1 aliphatic rings. The van der Waals surface area contributed by atoms with E-state index in [9.17, 15) is 14.4 Å². The van der Waals surface area contributed by atoms with Crippen molar-refractivity contribution in [3.63, 3.8) is 0 Å². The van der Waals surface area contributed by atoms with E-state index in [2.05, 4.69) is 20.5 Å². The summed E-state index contributed by atoms with van der Waals surface area (Å²) in [6.07, 6.45) is 4.07. The van der Waals surface area contributed by atoms with E-state index in [0.29, 0.717) is 5.56 Å². The van der Waals surface area contributed by atoms with Gasteiger partial charge in [0.15, 0.2) is 5.17 Å². The number of nitrogens with one attached hydrogen (secondary N) is 1. The van der Waals surface area contributed by atoms with Crippen LogP contribution in [0.3, 0.4) is 0 Å². The molecule has 0 bridgehead atoms. The first-order valence-corrected chi connectivity index (χ1v) is 8.89. The van der Waals surface area contributed by atoms with Crippen molar-refractivity contribution in [2.75, 3.05) is 0 Å². The Balaban J connectivity index is 1.66. The lowest BCUT2D eigenvalue weighted by atomic mass is 10.0. The minimum Gasteiger partial charge on any atom is -0.481 e. The van der Waals surface area contributed by atoms with Crippen molar-refractivity contribution in [3.8, 4) is 11.1 Å². The summed E-state index contributed by atoms with van der Waals surface area (Å²) in [5.74, 6) is -2.50. The maximum absolute atomic E-state index is 11.6. The molecule has 0 spiro atoms. The lowest BCUT2D eigenvalue weighted by molar-refractivity contribution is -0.138. The van der Waals surface area contributed by atoms with Gasteiger partial charge in [-0.2, -0.15) is 5.10 Å². The maximum atomic E-state index is 11.6. The molecule has 1 amide bonds. The second kappa shape index (κ2) is 8.44. The highest BCUT2D eigenvalue weighted by Crippen LogP contribution is 2.22. The Bertz CT molecular complexity index is 988. The molecule has 10 heteroatoms. The van der Waals surface area contributed by atoms with Crippen molar-refractivity contribution in [2.24, 2.45) is 10.2 Å². The van der Waals surface area contributed by atoms with Crippen LogP contribution in [0.25, 0.3) is 11.1 Å². The van der Waals surface area contributed by atoms with Gasteiger partial charge in [0.25, 0.3) is 0 Å². The van der Waals surface area contributed by atoms with Crippen molar-refractivity contribution in [1.29, 1.82) is 0 Å². The zero-order chi connectivity index (χ0) is 20.1. The predicted molar refractivity (Wildman–Crippen MR) is 103 cm³/mol. The number of carboxylic acid groups (broad SMARTS) is 2. The second-order valence-electron chi connectivity index (χ2n) is 5.73. The summed E-state index contributed by atoms with van der Waals surface area (Å²) < 4.78 is 0. The van der Waals surface area contributed by atoms with Crippen LogP contribution in [0.2, 0.25) is 0 Å². The van der Waals surface area contributed by atoms with Crippen molar-refractivity contribution < 1.29 is 24.6 Å². The molecule has 1 fully saturated rings. The molecule has 0 radical (unpaired) electrons. The third-order valence-corrected chi connectivity index (χ3v) is 4.79. The number of thioether (sulfide) groups is 1. The topological polar surface area (TPSA) is 141 Å². The minimum absolute atomic E-state index is 0.108. The molecule has 1 unspecified atom stereocenters. The molecule has 1 aromatic carbocycles. The van der Waals surface area contributed by atoms with Crippen LogP contribution in [0.15, 0.2) is 52.9 Å². The molecular weight excluding hydrogens is 384 g/mol. The van der Waals surface area contributed by atoms with Crippen molar-refractivity contribution in [2.45, 2.75) is 11.7 Å². The van der Waals surface area contributed by atoms with Crippen LogP contribution in [-0.4, -0.2) is 49.7 Å². The van der Waals surface area contributed by atoms with Gasteiger partial charge in [0.1, 0.15) is 5.25 Å². The monoisotopic (exact) mass is 398 g/mol. The zero-order valence-corrected chi connectivity index (χ0v) is 15.1. The van der Waals surface area contributed by atoms with Crippen LogP contribution in [0, 0.1) is 0 Å². The largest absolute Gasteiger partial charge is 0.481 e. The Morgan fingerprint density at radius 3 is 2.61 bits per heavy atom. The number of amidine groups is 1. The average Bonchev–Trinajstić information content (AvgIpc) is 3.01. The van der Waals surface area contributed by atoms with E-state index in [1.54, 1.807) is 30.5 Å². The van der Waals surface area contributed by atoms with Crippen molar-refractivity contribution in [3.05, 3.63) is 53.9 Å². The highest BCUT2D eigenvalue weighted by molar-refractivity contribution is 8.15. The molecule has 2 heterocycles. The SMILES string of the molecule is O=C(O)CC1SC(=NN=Cc2ccc(-c3cncc(C(=O)O)c3)cc2)NC1=O. The van der Waals surface area contributed by atoms with E-state index in [4.69, 9.17) is 10.2 Å². The van der Waals surface area contributed by atoms with E-state index < -0.39 is 23.1 Å². The number of carboxylic acids is 2. The number of aliphatic carboxylic acids is 1. The number of aromatic carboxylic acids is 1. The Morgan fingerprint density at radius 1 is 1.18 bits per heavy atom. The molecule has 1 aromatic heterocycles. The third kappa shape index (κ3) is 4.80. The van der Waals surface area contributed by atoms with Gasteiger partial charge in [0.2, 0.25) is 5.91 Å². The van der Waals surface area contributed by atoms with Gasteiger partial charge in [-0.3, -0.25) is 14.6 Å². The number of benzene rings is 1. The molecule has 1 saturated heterocycles. The molecule has 3 rings (SSSR count). The van der Waals surface area contributed by atoms with Gasteiger partial charge >= 0.3 is 11.9 Å². The second-order valence-corrected chi connectivity index (χ2v) is 6.92. The fourth-order valence-electron chi connectivity index (χ4n) is 2.37. The summed E-state index contributed by atoms with van der Waals surface area (Å²) in [7, 11) is 0. The summed E-state index contributed by atoms with van der Waals surface area (Å²) >= 11 is 1.03. The molecule has 3 N–H and O–H groups in total. The summed E-state index contributed by atoms with van der Waals surface area (Å²) in [6.45, 7) is 0. The summed E-state index contributed by atoms with van der Waals surface area (Å²) in [5.41, 5.74) is 2.33. The van der Waals surface area contributed by atoms with Gasteiger partial charge < -0.3 is 15.5 Å². The van der Waals surface area contributed by atoms with E-state index in [1.165, 1.54) is 18.5 Å². The number of nitrogens with zero attached hydrogens (tertiary/aromatic N) is 3. The summed E-state index contributed by atoms with van der Waals surface area (Å²) in [4.78, 5) is 37.3. The molecule has 28 heavy (non-hydrogen) atoms. The molecule has 0 aliphatic carbocycles. The van der Waals surface area contributed by atoms with Gasteiger partial charge in [-0.1, -0.05) is 36.0 Å². The highest BCUT2D eigenvalue weighted by atomic mass is 32.2. The van der Waals surface area contributed by atoms with Gasteiger partial charge in [-0.25, -0.2) is 4.79 Å². The number of carbonyl (C=O) groups is 3. The highest BCUT2D eigenvalue weighted by Gasteiger charge is 2.32. The van der Waals surface area contributed by atoms with Gasteiger partial charge in [-0.15, -0.1) is 5.10 Å². The zero-order valence-electron chi connectivity index (χ0n) is 14.3. The maximum Gasteiger partial charge on any atom is 0.337 e. The molecule has 9 nitrogen and oxygen atoms in total. The fourth-order valence-corrected chi connectivity index (χ4v) is 3.28. The number of aromatic nitrogens is 1. The van der Waals surface area contributed by atoms with Crippen molar-refractivity contribution >= 4 is 41.0 Å². The summed E-state index contributed by atoms with van der Waals surface area (Å²) in [5, 5.41) is 27.6. The molecule has 0 saturated carbocycles.